The third-order valence-corrected chi connectivity index (χ3v) is 2.90. The van der Waals surface area contributed by atoms with Gasteiger partial charge in [-0.25, -0.2) is 0 Å². The van der Waals surface area contributed by atoms with E-state index in [0.717, 1.165) is 19.2 Å². The fourth-order valence-corrected chi connectivity index (χ4v) is 2.08. The summed E-state index contributed by atoms with van der Waals surface area (Å²) >= 11 is 0. The van der Waals surface area contributed by atoms with Gasteiger partial charge in [0.2, 0.25) is 0 Å². The van der Waals surface area contributed by atoms with Crippen molar-refractivity contribution >= 4 is 0 Å². The lowest BCUT2D eigenvalue weighted by molar-refractivity contribution is 0.153. The maximum atomic E-state index is 5.05. The predicted molar refractivity (Wildman–Crippen MR) is 59.6 cm³/mol. The molecule has 0 amide bonds. The van der Waals surface area contributed by atoms with E-state index in [1.165, 1.54) is 38.9 Å². The third-order valence-electron chi connectivity index (χ3n) is 2.90. The molecule has 1 rings (SSSR count). The molecule has 3 heteroatoms. The number of hydrogen-bond acceptors (Lipinski definition) is 3. The minimum Gasteiger partial charge on any atom is -0.385 e. The smallest absolute Gasteiger partial charge is 0.0474 e. The molecule has 3 nitrogen and oxygen atoms in total. The van der Waals surface area contributed by atoms with E-state index in [1.807, 2.05) is 0 Å². The number of nitrogens with one attached hydrogen (secondary N) is 1. The summed E-state index contributed by atoms with van der Waals surface area (Å²) in [6, 6.07) is 0.763. The van der Waals surface area contributed by atoms with Crippen LogP contribution in [0.5, 0.6) is 0 Å². The molecule has 1 saturated heterocycles. The Balaban J connectivity index is 2.03. The number of likely N-dealkylation sites (tertiary alicyclic amines) is 1. The van der Waals surface area contributed by atoms with Gasteiger partial charge in [0.05, 0.1) is 0 Å². The van der Waals surface area contributed by atoms with Crippen LogP contribution in [0, 0.1) is 0 Å². The number of ether oxygens (including phenoxy) is 1. The van der Waals surface area contributed by atoms with Crippen molar-refractivity contribution in [1.29, 1.82) is 0 Å². The van der Waals surface area contributed by atoms with Crippen molar-refractivity contribution in [2.75, 3.05) is 39.9 Å². The summed E-state index contributed by atoms with van der Waals surface area (Å²) in [6.45, 7) is 7.89. The SMILES string of the molecule is CCNC1CCN(CCCOC)CC1. The van der Waals surface area contributed by atoms with Crippen LogP contribution < -0.4 is 5.32 Å². The molecule has 0 aliphatic carbocycles. The number of rotatable bonds is 6. The first-order valence-corrected chi connectivity index (χ1v) is 5.81. The summed E-state index contributed by atoms with van der Waals surface area (Å²) < 4.78 is 5.05. The summed E-state index contributed by atoms with van der Waals surface area (Å²) in [7, 11) is 1.78. The maximum absolute atomic E-state index is 5.05. The summed E-state index contributed by atoms with van der Waals surface area (Å²) in [4.78, 5) is 2.55. The van der Waals surface area contributed by atoms with Gasteiger partial charge >= 0.3 is 0 Å². The molecule has 0 aromatic heterocycles. The van der Waals surface area contributed by atoms with Crippen LogP contribution in [0.2, 0.25) is 0 Å². The van der Waals surface area contributed by atoms with Gasteiger partial charge in [0, 0.05) is 26.3 Å². The monoisotopic (exact) mass is 200 g/mol. The van der Waals surface area contributed by atoms with E-state index < -0.39 is 0 Å². The highest BCUT2D eigenvalue weighted by molar-refractivity contribution is 4.76. The van der Waals surface area contributed by atoms with Crippen LogP contribution >= 0.6 is 0 Å². The number of hydrogen-bond donors (Lipinski definition) is 1. The summed E-state index contributed by atoms with van der Waals surface area (Å²) in [6.07, 6.45) is 3.78. The molecule has 1 aliphatic heterocycles. The molecule has 1 aliphatic rings. The van der Waals surface area contributed by atoms with E-state index in [1.54, 1.807) is 7.11 Å². The van der Waals surface area contributed by atoms with Crippen LogP contribution in [-0.2, 0) is 4.74 Å². The lowest BCUT2D eigenvalue weighted by atomic mass is 10.1. The van der Waals surface area contributed by atoms with Crippen molar-refractivity contribution in [2.24, 2.45) is 0 Å². The van der Waals surface area contributed by atoms with Gasteiger partial charge in [-0.15, -0.1) is 0 Å². The molecule has 1 N–H and O–H groups in total. The Morgan fingerprint density at radius 2 is 2.07 bits per heavy atom. The Bertz CT molecular complexity index is 133. The van der Waals surface area contributed by atoms with Gasteiger partial charge in [-0.05, 0) is 38.9 Å². The first-order valence-electron chi connectivity index (χ1n) is 5.81. The zero-order valence-corrected chi connectivity index (χ0v) is 9.59. The number of nitrogens with zero attached hydrogens (tertiary/aromatic N) is 1. The zero-order valence-electron chi connectivity index (χ0n) is 9.59. The highest BCUT2D eigenvalue weighted by atomic mass is 16.5. The maximum Gasteiger partial charge on any atom is 0.0474 e. The van der Waals surface area contributed by atoms with Crippen molar-refractivity contribution < 1.29 is 4.74 Å². The van der Waals surface area contributed by atoms with Crippen LogP contribution in [0.15, 0.2) is 0 Å². The van der Waals surface area contributed by atoms with Crippen molar-refractivity contribution in [3.63, 3.8) is 0 Å². The van der Waals surface area contributed by atoms with Crippen LogP contribution in [0.25, 0.3) is 0 Å². The van der Waals surface area contributed by atoms with Crippen molar-refractivity contribution in [1.82, 2.24) is 10.2 Å². The van der Waals surface area contributed by atoms with E-state index in [-0.39, 0.29) is 0 Å². The van der Waals surface area contributed by atoms with Gasteiger partial charge in [0.25, 0.3) is 0 Å². The molecule has 0 spiro atoms. The fourth-order valence-electron chi connectivity index (χ4n) is 2.08. The average Bonchev–Trinajstić information content (AvgIpc) is 2.21. The van der Waals surface area contributed by atoms with E-state index in [2.05, 4.69) is 17.1 Å². The first-order chi connectivity index (χ1) is 6.86. The standard InChI is InChI=1S/C11H24N2O/c1-3-12-11-5-8-13(9-6-11)7-4-10-14-2/h11-12H,3-10H2,1-2H3. The van der Waals surface area contributed by atoms with Crippen molar-refractivity contribution in [2.45, 2.75) is 32.2 Å². The topological polar surface area (TPSA) is 24.5 Å². The molecule has 84 valence electrons. The Morgan fingerprint density at radius 3 is 2.64 bits per heavy atom. The Morgan fingerprint density at radius 1 is 1.36 bits per heavy atom. The van der Waals surface area contributed by atoms with Gasteiger partial charge in [-0.2, -0.15) is 0 Å². The van der Waals surface area contributed by atoms with Crippen LogP contribution in [-0.4, -0.2) is 50.8 Å². The lowest BCUT2D eigenvalue weighted by Gasteiger charge is -2.32. The first kappa shape index (κ1) is 12.0. The molecular formula is C11H24N2O. The Hall–Kier alpha value is -0.120. The summed E-state index contributed by atoms with van der Waals surface area (Å²) in [5.74, 6) is 0. The normalized spacial score (nSPS) is 20.1. The second-order valence-electron chi connectivity index (χ2n) is 4.02. The molecule has 14 heavy (non-hydrogen) atoms. The quantitative estimate of drug-likeness (QED) is 0.650. The molecule has 0 aromatic carbocycles. The van der Waals surface area contributed by atoms with Crippen LogP contribution in [0.3, 0.4) is 0 Å². The van der Waals surface area contributed by atoms with Gasteiger partial charge in [-0.1, -0.05) is 6.92 Å². The minimum atomic E-state index is 0.763. The van der Waals surface area contributed by atoms with E-state index in [9.17, 15) is 0 Å². The van der Waals surface area contributed by atoms with Gasteiger partial charge in [-0.3, -0.25) is 0 Å². The molecular weight excluding hydrogens is 176 g/mol. The van der Waals surface area contributed by atoms with Crippen molar-refractivity contribution in [3.8, 4) is 0 Å². The largest absolute Gasteiger partial charge is 0.385 e. The molecule has 0 atom stereocenters. The molecule has 0 aromatic rings. The van der Waals surface area contributed by atoms with Crippen molar-refractivity contribution in [3.05, 3.63) is 0 Å². The fraction of sp³-hybridized carbons (Fsp3) is 1.00. The van der Waals surface area contributed by atoms with E-state index in [4.69, 9.17) is 4.74 Å². The van der Waals surface area contributed by atoms with E-state index >= 15 is 0 Å². The Kier molecular flexibility index (Phi) is 6.15. The second kappa shape index (κ2) is 7.21. The van der Waals surface area contributed by atoms with Gasteiger partial charge in [0.1, 0.15) is 0 Å². The highest BCUT2D eigenvalue weighted by Crippen LogP contribution is 2.10. The third kappa shape index (κ3) is 4.40. The molecule has 1 heterocycles. The lowest BCUT2D eigenvalue weighted by Crippen LogP contribution is -2.42. The molecule has 1 fully saturated rings. The van der Waals surface area contributed by atoms with E-state index in [0.29, 0.717) is 0 Å². The minimum absolute atomic E-state index is 0.763. The molecule has 0 saturated carbocycles. The Labute approximate surface area is 87.8 Å². The summed E-state index contributed by atoms with van der Waals surface area (Å²) in [5.41, 5.74) is 0. The van der Waals surface area contributed by atoms with Gasteiger partial charge in [0.15, 0.2) is 0 Å². The van der Waals surface area contributed by atoms with Gasteiger partial charge < -0.3 is 15.0 Å². The average molecular weight is 200 g/mol. The molecule has 0 bridgehead atoms. The number of methoxy groups -OCH3 is 1. The zero-order chi connectivity index (χ0) is 10.2. The summed E-state index contributed by atoms with van der Waals surface area (Å²) in [5, 5.41) is 3.52. The molecule has 0 unspecified atom stereocenters. The number of piperidine rings is 1. The highest BCUT2D eigenvalue weighted by Gasteiger charge is 2.17. The van der Waals surface area contributed by atoms with Crippen LogP contribution in [0.1, 0.15) is 26.2 Å². The van der Waals surface area contributed by atoms with Crippen LogP contribution in [0.4, 0.5) is 0 Å². The predicted octanol–water partition coefficient (Wildman–Crippen LogP) is 1.10. The second-order valence-corrected chi connectivity index (χ2v) is 4.02. The molecule has 0 radical (unpaired) electrons.